The molecular weight excluding hydrogens is 250 g/mol. The molecule has 2 fully saturated rings. The maximum atomic E-state index is 6.31. The molecule has 0 aliphatic heterocycles. The molecule has 2 saturated carbocycles. The second-order valence-electron chi connectivity index (χ2n) is 7.12. The summed E-state index contributed by atoms with van der Waals surface area (Å²) in [6.45, 7) is 7.19. The molecule has 1 aromatic carbocycles. The Morgan fingerprint density at radius 1 is 1.25 bits per heavy atom. The molecule has 0 spiro atoms. The van der Waals surface area contributed by atoms with Crippen molar-refractivity contribution in [2.45, 2.75) is 46.1 Å². The molecule has 0 heterocycles. The third-order valence-corrected chi connectivity index (χ3v) is 6.20. The lowest BCUT2D eigenvalue weighted by atomic mass is 9.70. The van der Waals surface area contributed by atoms with E-state index in [1.165, 1.54) is 12.8 Å². The molecule has 0 radical (unpaired) electrons. The van der Waals surface area contributed by atoms with Crippen molar-refractivity contribution in [3.05, 3.63) is 18.2 Å². The Bertz CT molecular complexity index is 526. The fourth-order valence-electron chi connectivity index (χ4n) is 4.24. The molecule has 2 aliphatic carbocycles. The fourth-order valence-corrected chi connectivity index (χ4v) is 4.24. The van der Waals surface area contributed by atoms with Crippen molar-refractivity contribution < 1.29 is 9.47 Å². The van der Waals surface area contributed by atoms with E-state index in [4.69, 9.17) is 15.2 Å². The normalized spacial score (nSPS) is 34.2. The van der Waals surface area contributed by atoms with Gasteiger partial charge in [-0.15, -0.1) is 0 Å². The number of hydrogen-bond acceptors (Lipinski definition) is 3. The lowest BCUT2D eigenvalue weighted by Gasteiger charge is -2.38. The number of benzene rings is 1. The van der Waals surface area contributed by atoms with E-state index in [1.54, 1.807) is 7.11 Å². The van der Waals surface area contributed by atoms with Crippen LogP contribution in [0.15, 0.2) is 18.2 Å². The molecule has 110 valence electrons. The molecule has 2 bridgehead atoms. The van der Waals surface area contributed by atoms with Gasteiger partial charge in [-0.1, -0.05) is 20.8 Å². The van der Waals surface area contributed by atoms with Gasteiger partial charge in [0.15, 0.2) is 0 Å². The summed E-state index contributed by atoms with van der Waals surface area (Å²) in [7, 11) is 1.64. The molecule has 0 aromatic heterocycles. The number of rotatable bonds is 3. The Morgan fingerprint density at radius 2 is 2.00 bits per heavy atom. The smallest absolute Gasteiger partial charge is 0.145 e. The SMILES string of the molecule is COc1cc(OC2CC3CCC2(C)C3(C)C)ccc1N. The van der Waals surface area contributed by atoms with Crippen molar-refractivity contribution >= 4 is 5.69 Å². The highest BCUT2D eigenvalue weighted by Gasteiger charge is 2.62. The van der Waals surface area contributed by atoms with Gasteiger partial charge < -0.3 is 15.2 Å². The maximum absolute atomic E-state index is 6.31. The molecule has 2 aliphatic rings. The van der Waals surface area contributed by atoms with Gasteiger partial charge in [0.05, 0.1) is 12.8 Å². The van der Waals surface area contributed by atoms with Gasteiger partial charge in [-0.05, 0) is 42.7 Å². The zero-order chi connectivity index (χ0) is 14.5. The molecule has 1 aromatic rings. The predicted octanol–water partition coefficient (Wildman–Crippen LogP) is 3.87. The first-order valence-electron chi connectivity index (χ1n) is 7.48. The first-order valence-corrected chi connectivity index (χ1v) is 7.48. The summed E-state index contributed by atoms with van der Waals surface area (Å²) >= 11 is 0. The van der Waals surface area contributed by atoms with Crippen LogP contribution in [0.4, 0.5) is 5.69 Å². The Hall–Kier alpha value is -1.38. The van der Waals surface area contributed by atoms with Crippen molar-refractivity contribution in [2.24, 2.45) is 16.7 Å². The second-order valence-corrected chi connectivity index (χ2v) is 7.12. The predicted molar refractivity (Wildman–Crippen MR) is 81.1 cm³/mol. The van der Waals surface area contributed by atoms with E-state index in [9.17, 15) is 0 Å². The highest BCUT2D eigenvalue weighted by molar-refractivity contribution is 5.55. The first-order chi connectivity index (χ1) is 9.38. The van der Waals surface area contributed by atoms with Crippen LogP contribution in [0.3, 0.4) is 0 Å². The van der Waals surface area contributed by atoms with Crippen LogP contribution in [-0.2, 0) is 0 Å². The lowest BCUT2D eigenvalue weighted by molar-refractivity contribution is 0.0301. The summed E-state index contributed by atoms with van der Waals surface area (Å²) in [6, 6.07) is 5.70. The third-order valence-electron chi connectivity index (χ3n) is 6.20. The van der Waals surface area contributed by atoms with E-state index in [1.807, 2.05) is 18.2 Å². The zero-order valence-corrected chi connectivity index (χ0v) is 12.9. The van der Waals surface area contributed by atoms with E-state index in [2.05, 4.69) is 20.8 Å². The minimum atomic E-state index is 0.270. The van der Waals surface area contributed by atoms with E-state index in [0.717, 1.165) is 18.1 Å². The molecule has 3 heteroatoms. The summed E-state index contributed by atoms with van der Waals surface area (Å²) < 4.78 is 11.6. The molecule has 3 rings (SSSR count). The van der Waals surface area contributed by atoms with Gasteiger partial charge in [-0.3, -0.25) is 0 Å². The molecule has 3 unspecified atom stereocenters. The fraction of sp³-hybridized carbons (Fsp3) is 0.647. The van der Waals surface area contributed by atoms with Gasteiger partial charge in [0.1, 0.15) is 17.6 Å². The Kier molecular flexibility index (Phi) is 2.93. The molecule has 3 nitrogen and oxygen atoms in total. The average molecular weight is 275 g/mol. The molecule has 3 atom stereocenters. The van der Waals surface area contributed by atoms with Crippen LogP contribution in [0.5, 0.6) is 11.5 Å². The Labute approximate surface area is 121 Å². The van der Waals surface area contributed by atoms with Gasteiger partial charge in [-0.25, -0.2) is 0 Å². The molecule has 20 heavy (non-hydrogen) atoms. The zero-order valence-electron chi connectivity index (χ0n) is 12.9. The van der Waals surface area contributed by atoms with Crippen molar-refractivity contribution in [3.63, 3.8) is 0 Å². The van der Waals surface area contributed by atoms with Gasteiger partial charge in [0, 0.05) is 11.5 Å². The number of anilines is 1. The van der Waals surface area contributed by atoms with Crippen molar-refractivity contribution in [1.82, 2.24) is 0 Å². The van der Waals surface area contributed by atoms with E-state index in [-0.39, 0.29) is 5.41 Å². The molecule has 2 N–H and O–H groups in total. The quantitative estimate of drug-likeness (QED) is 0.852. The number of ether oxygens (including phenoxy) is 2. The summed E-state index contributed by atoms with van der Waals surface area (Å²) in [5.74, 6) is 2.34. The topological polar surface area (TPSA) is 44.5 Å². The van der Waals surface area contributed by atoms with Gasteiger partial charge in [0.2, 0.25) is 0 Å². The van der Waals surface area contributed by atoms with Crippen LogP contribution in [0.25, 0.3) is 0 Å². The summed E-state index contributed by atoms with van der Waals surface area (Å²) in [5, 5.41) is 0. The number of hydrogen-bond donors (Lipinski definition) is 1. The van der Waals surface area contributed by atoms with Gasteiger partial charge in [0.25, 0.3) is 0 Å². The standard InChI is InChI=1S/C17H25NO2/c1-16(2)11-7-8-17(16,3)15(9-11)20-12-5-6-13(18)14(10-12)19-4/h5-6,10-11,15H,7-9,18H2,1-4H3. The monoisotopic (exact) mass is 275 g/mol. The Morgan fingerprint density at radius 3 is 2.55 bits per heavy atom. The number of nitrogens with two attached hydrogens (primary N) is 1. The van der Waals surface area contributed by atoms with Crippen LogP contribution in [0.2, 0.25) is 0 Å². The highest BCUT2D eigenvalue weighted by atomic mass is 16.5. The van der Waals surface area contributed by atoms with Crippen molar-refractivity contribution in [3.8, 4) is 11.5 Å². The third kappa shape index (κ3) is 1.72. The van der Waals surface area contributed by atoms with E-state index in [0.29, 0.717) is 23.0 Å². The number of nitrogen functional groups attached to an aromatic ring is 1. The Balaban J connectivity index is 1.83. The van der Waals surface area contributed by atoms with Gasteiger partial charge in [-0.2, -0.15) is 0 Å². The molecule has 0 amide bonds. The summed E-state index contributed by atoms with van der Waals surface area (Å²) in [4.78, 5) is 0. The van der Waals surface area contributed by atoms with Crippen LogP contribution < -0.4 is 15.2 Å². The van der Waals surface area contributed by atoms with Crippen LogP contribution in [0.1, 0.15) is 40.0 Å². The summed E-state index contributed by atoms with van der Waals surface area (Å²) in [6.07, 6.45) is 4.07. The van der Waals surface area contributed by atoms with Gasteiger partial charge >= 0.3 is 0 Å². The summed E-state index contributed by atoms with van der Waals surface area (Å²) in [5.41, 5.74) is 7.15. The molecular formula is C17H25NO2. The molecule has 0 saturated heterocycles. The largest absolute Gasteiger partial charge is 0.494 e. The van der Waals surface area contributed by atoms with Crippen LogP contribution in [0, 0.1) is 16.7 Å². The minimum Gasteiger partial charge on any atom is -0.494 e. The average Bonchev–Trinajstić information content (AvgIpc) is 2.74. The van der Waals surface area contributed by atoms with E-state index >= 15 is 0 Å². The second kappa shape index (κ2) is 4.31. The maximum Gasteiger partial charge on any atom is 0.145 e. The highest BCUT2D eigenvalue weighted by Crippen LogP contribution is 2.66. The van der Waals surface area contributed by atoms with E-state index < -0.39 is 0 Å². The number of methoxy groups -OCH3 is 1. The lowest BCUT2D eigenvalue weighted by Crippen LogP contribution is -2.38. The van der Waals surface area contributed by atoms with Crippen molar-refractivity contribution in [2.75, 3.05) is 12.8 Å². The van der Waals surface area contributed by atoms with Crippen LogP contribution >= 0.6 is 0 Å². The first kappa shape index (κ1) is 13.6. The van der Waals surface area contributed by atoms with Crippen molar-refractivity contribution in [1.29, 1.82) is 0 Å². The van der Waals surface area contributed by atoms with Crippen LogP contribution in [-0.4, -0.2) is 13.2 Å². The number of fused-ring (bicyclic) bond motifs is 2. The minimum absolute atomic E-state index is 0.270.